The number of carbonyl (C=O) groups is 3. The topological polar surface area (TPSA) is 247 Å². The molecule has 9 aromatic rings. The predicted molar refractivity (Wildman–Crippen MR) is 469 cm³/mol. The van der Waals surface area contributed by atoms with E-state index in [0.717, 1.165) is 99.7 Å². The molecule has 0 saturated carbocycles. The fourth-order valence-corrected chi connectivity index (χ4v) is 20.8. The number of carbonyl (C=O) groups excluding carboxylic acids is 2. The molecule has 28 heteroatoms. The monoisotopic (exact) mass is 1780 g/mol. The fraction of sp³-hybridized carbons (Fsp3) is 0.386. The largest absolute Gasteiger partial charge is 0.480 e. The van der Waals surface area contributed by atoms with Crippen LogP contribution in [-0.2, 0) is 73.2 Å². The van der Waals surface area contributed by atoms with Gasteiger partial charge in [0.1, 0.15) is 16.5 Å². The van der Waals surface area contributed by atoms with E-state index in [1.807, 2.05) is 144 Å². The van der Waals surface area contributed by atoms with Gasteiger partial charge in [0.2, 0.25) is 30.1 Å². The minimum absolute atomic E-state index is 0. The number of piperazine rings is 2. The Morgan fingerprint density at radius 2 is 0.793 bits per heavy atom. The highest BCUT2D eigenvalue weighted by molar-refractivity contribution is 9.09. The normalized spacial score (nSPS) is 16.6. The molecule has 3 unspecified atom stereocenters. The molecule has 0 radical (unpaired) electrons. The number of carboxylic acid groups (broad SMARTS) is 1. The minimum atomic E-state index is -3.89. The lowest BCUT2D eigenvalue weighted by molar-refractivity contribution is -0.156. The standard InChI is InChI=1S/C30H36ClN3O4S.C26H28ClN3O4S.C25H27ClN2O2S.C6H11BrO2.CH4.ClH/c1-6-22-18-32-14-13-25(22)23-9-7-10-24(17-23)27-19-33(20-29(35)38-30(3,4)5)15-16-34(27)39(36,37)28-12-8-11-26(31)21(28)2;1-3-19-15-28-11-10-22(19)20-6-4-7-21(14-20)24-16-29(17-26(31)32)12-13-30(24)35(33,34)25-9-5-8-23(27)18(25)2;1-3-19-17-27-14-13-22(19)20-8-6-9-21(16-20)24-11-4-5-15-28(24)31(29,30)25-12-7-10-23(26)18(25)2;1-6(2,3)9-5(8)4-7;;/h7-14,17-18,27H,6,15-16,19-20H2,1-5H3;4-11,14-15,24H,3,12-13,16-17H2,1-2H3,(H,31,32);6-10,12-14,16-17,24H,3-5,11,15H2,1-2H3;4H2,1-3H3;1H4;1H. The molecule has 3 aliphatic heterocycles. The average Bonchev–Trinajstić information content (AvgIpc) is 0.745. The van der Waals surface area contributed by atoms with Crippen LogP contribution in [-0.4, -0.2) is 161 Å². The molecule has 0 bridgehead atoms. The van der Waals surface area contributed by atoms with Gasteiger partial charge in [-0.15, -0.1) is 12.4 Å². The van der Waals surface area contributed by atoms with Crippen LogP contribution in [0.15, 0.2) is 197 Å². The average molecular weight is 1790 g/mol. The summed E-state index contributed by atoms with van der Waals surface area (Å²) in [5.74, 6) is -1.49. The Morgan fingerprint density at radius 3 is 1.12 bits per heavy atom. The summed E-state index contributed by atoms with van der Waals surface area (Å²) in [6.07, 6.45) is 16.1. The van der Waals surface area contributed by atoms with Gasteiger partial charge in [0.05, 0.1) is 45.9 Å². The molecule has 1 N–H and O–H groups in total. The predicted octanol–water partition coefficient (Wildman–Crippen LogP) is 19.0. The van der Waals surface area contributed by atoms with E-state index in [0.29, 0.717) is 62.8 Å². The number of pyridine rings is 3. The van der Waals surface area contributed by atoms with Crippen molar-refractivity contribution in [2.45, 2.75) is 173 Å². The number of halogens is 5. The first kappa shape index (κ1) is 95.6. The summed E-state index contributed by atoms with van der Waals surface area (Å²) in [5.41, 5.74) is 13.1. The van der Waals surface area contributed by atoms with Crippen LogP contribution in [0, 0.1) is 20.8 Å². The molecule has 20 nitrogen and oxygen atoms in total. The molecular weight excluding hydrogens is 1680 g/mol. The maximum atomic E-state index is 14.1. The molecule has 0 aliphatic carbocycles. The summed E-state index contributed by atoms with van der Waals surface area (Å²) in [5, 5.41) is 10.9. The minimum Gasteiger partial charge on any atom is -0.480 e. The van der Waals surface area contributed by atoms with E-state index in [1.165, 1.54) is 9.87 Å². The molecule has 6 heterocycles. The van der Waals surface area contributed by atoms with Crippen LogP contribution in [0.25, 0.3) is 33.4 Å². The summed E-state index contributed by atoms with van der Waals surface area (Å²) < 4.78 is 98.3. The number of ether oxygens (including phenoxy) is 2. The van der Waals surface area contributed by atoms with Gasteiger partial charge in [0, 0.05) is 98.1 Å². The Balaban J connectivity index is 0.000000227. The zero-order valence-electron chi connectivity index (χ0n) is 67.0. The number of alkyl halides is 1. The number of aryl methyl sites for hydroxylation is 3. The third kappa shape index (κ3) is 24.4. The molecule has 116 heavy (non-hydrogen) atoms. The van der Waals surface area contributed by atoms with Crippen LogP contribution in [0.5, 0.6) is 0 Å². The second kappa shape index (κ2) is 42.4. The lowest BCUT2D eigenvalue weighted by atomic mass is 9.93. The number of sulfonamides is 3. The highest BCUT2D eigenvalue weighted by Crippen LogP contribution is 2.42. The number of hydrogen-bond acceptors (Lipinski definition) is 16. The van der Waals surface area contributed by atoms with Crippen LogP contribution in [0.1, 0.15) is 157 Å². The van der Waals surface area contributed by atoms with Gasteiger partial charge in [0.15, 0.2) is 0 Å². The van der Waals surface area contributed by atoms with Gasteiger partial charge < -0.3 is 14.6 Å². The van der Waals surface area contributed by atoms with Gasteiger partial charge in [-0.1, -0.05) is 158 Å². The van der Waals surface area contributed by atoms with E-state index in [1.54, 1.807) is 107 Å². The molecule has 0 spiro atoms. The second-order valence-electron chi connectivity index (χ2n) is 30.2. The van der Waals surface area contributed by atoms with Crippen molar-refractivity contribution in [3.05, 3.63) is 248 Å². The Bertz CT molecular complexity index is 5250. The summed E-state index contributed by atoms with van der Waals surface area (Å²) >= 11 is 21.8. The first-order valence-corrected chi connectivity index (χ1v) is 44.7. The first-order chi connectivity index (χ1) is 54.0. The van der Waals surface area contributed by atoms with Gasteiger partial charge in [-0.25, -0.2) is 25.3 Å². The van der Waals surface area contributed by atoms with Crippen molar-refractivity contribution in [3.8, 4) is 33.4 Å². The van der Waals surface area contributed by atoms with Crippen LogP contribution in [0.3, 0.4) is 0 Å². The van der Waals surface area contributed by atoms with Gasteiger partial charge in [-0.05, 0) is 251 Å². The molecule has 0 amide bonds. The van der Waals surface area contributed by atoms with Gasteiger partial charge in [-0.2, -0.15) is 12.9 Å². The number of nitrogens with zero attached hydrogens (tertiary/aromatic N) is 8. The van der Waals surface area contributed by atoms with Gasteiger partial charge >= 0.3 is 17.9 Å². The number of aromatic nitrogens is 3. The molecule has 12 rings (SSSR count). The van der Waals surface area contributed by atoms with Crippen molar-refractivity contribution in [1.82, 2.24) is 37.7 Å². The Morgan fingerprint density at radius 1 is 0.466 bits per heavy atom. The van der Waals surface area contributed by atoms with Crippen molar-refractivity contribution < 1.29 is 54.2 Å². The van der Waals surface area contributed by atoms with Gasteiger partial charge in [0.25, 0.3) is 0 Å². The van der Waals surface area contributed by atoms with Crippen LogP contribution >= 0.6 is 63.1 Å². The third-order valence-electron chi connectivity index (χ3n) is 20.0. The summed E-state index contributed by atoms with van der Waals surface area (Å²) in [6, 6.07) is 43.7. The fourth-order valence-electron chi connectivity index (χ4n) is 14.4. The molecule has 3 saturated heterocycles. The molecule has 624 valence electrons. The summed E-state index contributed by atoms with van der Waals surface area (Å²) in [7, 11) is -11.4. The van der Waals surface area contributed by atoms with E-state index in [9.17, 15) is 44.7 Å². The Kier molecular flexibility index (Phi) is 35.0. The van der Waals surface area contributed by atoms with Crippen molar-refractivity contribution in [3.63, 3.8) is 0 Å². The van der Waals surface area contributed by atoms with Gasteiger partial charge in [-0.3, -0.25) is 39.1 Å². The van der Waals surface area contributed by atoms with E-state index >= 15 is 0 Å². The molecule has 3 aliphatic rings. The van der Waals surface area contributed by atoms with E-state index < -0.39 is 53.7 Å². The zero-order chi connectivity index (χ0) is 83.0. The highest BCUT2D eigenvalue weighted by Gasteiger charge is 2.42. The number of aliphatic carboxylic acids is 1. The highest BCUT2D eigenvalue weighted by atomic mass is 79.9. The Hall–Kier alpha value is -7.53. The summed E-state index contributed by atoms with van der Waals surface area (Å²) in [4.78, 5) is 51.7. The molecule has 3 fully saturated rings. The van der Waals surface area contributed by atoms with Crippen LogP contribution < -0.4 is 0 Å². The maximum Gasteiger partial charge on any atom is 0.320 e. The molecule has 3 atom stereocenters. The second-order valence-corrected chi connectivity index (χ2v) is 37.5. The van der Waals surface area contributed by atoms with Crippen LogP contribution in [0.4, 0.5) is 0 Å². The van der Waals surface area contributed by atoms with Crippen LogP contribution in [0.2, 0.25) is 15.1 Å². The SMILES string of the molecule is C.CC(C)(C)OC(=O)CBr.CCc1cnccc1-c1cccc(C2CCCCN2S(=O)(=O)c2cccc(Cl)c2C)c1.CCc1cnccc1-c1cccc(C2CN(CC(=O)O)CCN2S(=O)(=O)c2cccc(Cl)c2C)c1.CCc1cnccc1-c1cccc(C2CN(CC(=O)OC(C)(C)C)CCN2S(=O)(=O)c2cccc(Cl)c2C)c1.Cl. The number of rotatable bonds is 20. The van der Waals surface area contributed by atoms with Crippen molar-refractivity contribution in [1.29, 1.82) is 0 Å². The lowest BCUT2D eigenvalue weighted by Crippen LogP contribution is -2.52. The maximum absolute atomic E-state index is 14.1. The number of carboxylic acids is 1. The van der Waals surface area contributed by atoms with E-state index in [2.05, 4.69) is 63.8 Å². The lowest BCUT2D eigenvalue weighted by Gasteiger charge is -2.41. The summed E-state index contributed by atoms with van der Waals surface area (Å²) in [6.45, 7) is 24.7. The number of hydrogen-bond donors (Lipinski definition) is 1. The molecular formula is C88H107BrCl4N8O12S3. The number of piperidine rings is 1. The molecule has 3 aromatic heterocycles. The molecule has 6 aromatic carbocycles. The zero-order valence-corrected chi connectivity index (χ0v) is 74.1. The number of benzene rings is 6. The van der Waals surface area contributed by atoms with E-state index in [4.69, 9.17) is 44.3 Å². The first-order valence-electron chi connectivity index (χ1n) is 38.1. The smallest absolute Gasteiger partial charge is 0.320 e. The van der Waals surface area contributed by atoms with Crippen molar-refractivity contribution in [2.75, 3.05) is 64.2 Å². The van der Waals surface area contributed by atoms with E-state index in [-0.39, 0.29) is 91.3 Å². The quantitative estimate of drug-likeness (QED) is 0.0550. The Labute approximate surface area is 716 Å². The van der Waals surface area contributed by atoms with Crippen molar-refractivity contribution in [2.24, 2.45) is 0 Å². The number of esters is 2. The van der Waals surface area contributed by atoms with Crippen molar-refractivity contribution >= 4 is 111 Å². The third-order valence-corrected chi connectivity index (χ3v) is 27.8.